The maximum absolute atomic E-state index is 5.61. The molecule has 0 aliphatic rings. The minimum atomic E-state index is 0.138. The molecule has 0 aliphatic carbocycles. The van der Waals surface area contributed by atoms with Crippen LogP contribution in [0, 0.1) is 5.92 Å². The van der Waals surface area contributed by atoms with E-state index in [4.69, 9.17) is 4.42 Å². The van der Waals surface area contributed by atoms with Gasteiger partial charge in [0.25, 0.3) is 0 Å². The van der Waals surface area contributed by atoms with E-state index in [9.17, 15) is 0 Å². The third-order valence-corrected chi connectivity index (χ3v) is 2.72. The molecule has 1 aromatic rings. The van der Waals surface area contributed by atoms with Gasteiger partial charge >= 0.3 is 0 Å². The highest BCUT2D eigenvalue weighted by molar-refractivity contribution is 4.85. The largest absolute Gasteiger partial charge is 0.425 e. The third kappa shape index (κ3) is 5.82. The zero-order valence-corrected chi connectivity index (χ0v) is 11.7. The molecule has 0 bridgehead atoms. The van der Waals surface area contributed by atoms with Crippen molar-refractivity contribution in [2.45, 2.75) is 59.4 Å². The summed E-state index contributed by atoms with van der Waals surface area (Å²) in [6, 6.07) is 0. The van der Waals surface area contributed by atoms with Gasteiger partial charge in [-0.25, -0.2) is 0 Å². The van der Waals surface area contributed by atoms with Crippen LogP contribution in [0.5, 0.6) is 0 Å². The molecular weight excluding hydrogens is 214 g/mol. The summed E-state index contributed by atoms with van der Waals surface area (Å²) in [4.78, 5) is 0. The van der Waals surface area contributed by atoms with E-state index in [1.807, 2.05) is 0 Å². The highest BCUT2D eigenvalue weighted by Crippen LogP contribution is 2.10. The average Bonchev–Trinajstić information content (AvgIpc) is 2.63. The lowest BCUT2D eigenvalue weighted by Crippen LogP contribution is -2.37. The predicted molar refractivity (Wildman–Crippen MR) is 68.9 cm³/mol. The molecule has 17 heavy (non-hydrogen) atoms. The molecule has 98 valence electrons. The molecule has 0 saturated heterocycles. The normalized spacial score (nSPS) is 13.9. The fourth-order valence-electron chi connectivity index (χ4n) is 1.46. The Hall–Kier alpha value is -0.900. The number of aromatic nitrogens is 2. The summed E-state index contributed by atoms with van der Waals surface area (Å²) < 4.78 is 5.61. The molecule has 1 heterocycles. The summed E-state index contributed by atoms with van der Waals surface area (Å²) in [7, 11) is 0. The maximum atomic E-state index is 5.61. The van der Waals surface area contributed by atoms with Gasteiger partial charge in [0.2, 0.25) is 11.8 Å². The minimum Gasteiger partial charge on any atom is -0.425 e. The molecule has 1 rings (SSSR count). The van der Waals surface area contributed by atoms with Crippen LogP contribution in [-0.2, 0) is 12.8 Å². The van der Waals surface area contributed by atoms with Crippen LogP contribution in [0.3, 0.4) is 0 Å². The molecular formula is C13H25N3O. The van der Waals surface area contributed by atoms with E-state index in [1.54, 1.807) is 0 Å². The lowest BCUT2D eigenvalue weighted by molar-refractivity contribution is 0.388. The van der Waals surface area contributed by atoms with Crippen LogP contribution in [-0.4, -0.2) is 22.3 Å². The summed E-state index contributed by atoms with van der Waals surface area (Å²) in [5, 5.41) is 11.5. The van der Waals surface area contributed by atoms with Gasteiger partial charge in [-0.2, -0.15) is 0 Å². The van der Waals surface area contributed by atoms with Gasteiger partial charge in [-0.15, -0.1) is 10.2 Å². The Morgan fingerprint density at radius 3 is 2.47 bits per heavy atom. The van der Waals surface area contributed by atoms with Gasteiger partial charge in [0.05, 0.1) is 0 Å². The van der Waals surface area contributed by atoms with Crippen molar-refractivity contribution in [3.8, 4) is 0 Å². The van der Waals surface area contributed by atoms with E-state index >= 15 is 0 Å². The quantitative estimate of drug-likeness (QED) is 0.829. The van der Waals surface area contributed by atoms with Crippen molar-refractivity contribution in [3.05, 3.63) is 11.8 Å². The number of rotatable bonds is 6. The summed E-state index contributed by atoms with van der Waals surface area (Å²) >= 11 is 0. The molecule has 0 saturated carbocycles. The average molecular weight is 239 g/mol. The Morgan fingerprint density at radius 1 is 1.24 bits per heavy atom. The number of hydrogen-bond donors (Lipinski definition) is 1. The fourth-order valence-corrected chi connectivity index (χ4v) is 1.46. The highest BCUT2D eigenvalue weighted by atomic mass is 16.4. The fraction of sp³-hybridized carbons (Fsp3) is 0.846. The highest BCUT2D eigenvalue weighted by Gasteiger charge is 2.11. The molecule has 4 heteroatoms. The first kappa shape index (κ1) is 14.2. The Bertz CT molecular complexity index is 328. The lowest BCUT2D eigenvalue weighted by Gasteiger charge is -2.19. The van der Waals surface area contributed by atoms with E-state index in [0.29, 0.717) is 5.92 Å². The van der Waals surface area contributed by atoms with E-state index in [2.05, 4.69) is 50.1 Å². The van der Waals surface area contributed by atoms with Gasteiger partial charge < -0.3 is 9.73 Å². The van der Waals surface area contributed by atoms with Crippen molar-refractivity contribution in [1.29, 1.82) is 0 Å². The smallest absolute Gasteiger partial charge is 0.217 e. The zero-order chi connectivity index (χ0) is 12.9. The minimum absolute atomic E-state index is 0.138. The molecule has 0 spiro atoms. The van der Waals surface area contributed by atoms with Crippen LogP contribution >= 0.6 is 0 Å². The Kier molecular flexibility index (Phi) is 5.12. The van der Waals surface area contributed by atoms with Crippen molar-refractivity contribution in [2.24, 2.45) is 5.92 Å². The first-order chi connectivity index (χ1) is 7.90. The van der Waals surface area contributed by atoms with E-state index in [1.165, 1.54) is 0 Å². The van der Waals surface area contributed by atoms with Gasteiger partial charge in [-0.05, 0) is 26.7 Å². The van der Waals surface area contributed by atoms with Crippen molar-refractivity contribution >= 4 is 0 Å². The van der Waals surface area contributed by atoms with E-state index in [0.717, 1.165) is 37.6 Å². The van der Waals surface area contributed by atoms with Crippen LogP contribution < -0.4 is 5.32 Å². The van der Waals surface area contributed by atoms with Gasteiger partial charge in [-0.1, -0.05) is 20.3 Å². The molecule has 1 aromatic heterocycles. The number of nitrogens with one attached hydrogen (secondary N) is 1. The second-order valence-electron chi connectivity index (χ2n) is 5.73. The Labute approximate surface area is 104 Å². The summed E-state index contributed by atoms with van der Waals surface area (Å²) in [6.07, 6.45) is 2.82. The summed E-state index contributed by atoms with van der Waals surface area (Å²) in [6.45, 7) is 11.7. The molecule has 0 fully saturated rings. The zero-order valence-electron chi connectivity index (χ0n) is 11.7. The molecule has 0 aliphatic heterocycles. The van der Waals surface area contributed by atoms with Crippen LogP contribution in [0.4, 0.5) is 0 Å². The predicted octanol–water partition coefficient (Wildman–Crippen LogP) is 2.59. The number of hydrogen-bond acceptors (Lipinski definition) is 4. The first-order valence-electron chi connectivity index (χ1n) is 6.47. The van der Waals surface area contributed by atoms with Crippen LogP contribution in [0.25, 0.3) is 0 Å². The SMILES string of the molecule is CCC(C)Cc1nnc(CCNC(C)(C)C)o1. The molecule has 0 aromatic carbocycles. The molecule has 0 radical (unpaired) electrons. The second kappa shape index (κ2) is 6.15. The Morgan fingerprint density at radius 2 is 1.88 bits per heavy atom. The Balaban J connectivity index is 2.36. The molecule has 1 N–H and O–H groups in total. The van der Waals surface area contributed by atoms with E-state index < -0.39 is 0 Å². The van der Waals surface area contributed by atoms with Crippen molar-refractivity contribution in [1.82, 2.24) is 15.5 Å². The maximum Gasteiger partial charge on any atom is 0.217 e. The third-order valence-electron chi connectivity index (χ3n) is 2.72. The molecule has 1 atom stereocenters. The lowest BCUT2D eigenvalue weighted by atomic mass is 10.1. The van der Waals surface area contributed by atoms with Crippen LogP contribution in [0.15, 0.2) is 4.42 Å². The van der Waals surface area contributed by atoms with Crippen LogP contribution in [0.1, 0.15) is 52.8 Å². The topological polar surface area (TPSA) is 51.0 Å². The van der Waals surface area contributed by atoms with Gasteiger partial charge in [-0.3, -0.25) is 0 Å². The first-order valence-corrected chi connectivity index (χ1v) is 6.47. The van der Waals surface area contributed by atoms with Crippen molar-refractivity contribution in [3.63, 3.8) is 0 Å². The van der Waals surface area contributed by atoms with E-state index in [-0.39, 0.29) is 5.54 Å². The molecule has 4 nitrogen and oxygen atoms in total. The van der Waals surface area contributed by atoms with Crippen molar-refractivity contribution in [2.75, 3.05) is 6.54 Å². The summed E-state index contributed by atoms with van der Waals surface area (Å²) in [5.41, 5.74) is 0.138. The monoisotopic (exact) mass is 239 g/mol. The molecule has 1 unspecified atom stereocenters. The van der Waals surface area contributed by atoms with Gasteiger partial charge in [0, 0.05) is 24.9 Å². The van der Waals surface area contributed by atoms with Crippen LogP contribution in [0.2, 0.25) is 0 Å². The van der Waals surface area contributed by atoms with Gasteiger partial charge in [0.15, 0.2) is 0 Å². The summed E-state index contributed by atoms with van der Waals surface area (Å²) in [5.74, 6) is 2.11. The standard InChI is InChI=1S/C13H25N3O/c1-6-10(2)9-12-16-15-11(17-12)7-8-14-13(3,4)5/h10,14H,6-9H2,1-5H3. The second-order valence-corrected chi connectivity index (χ2v) is 5.73. The number of nitrogens with zero attached hydrogens (tertiary/aromatic N) is 2. The molecule has 0 amide bonds. The van der Waals surface area contributed by atoms with Gasteiger partial charge in [0.1, 0.15) is 0 Å². The van der Waals surface area contributed by atoms with Crippen molar-refractivity contribution < 1.29 is 4.42 Å².